The van der Waals surface area contributed by atoms with Gasteiger partial charge < -0.3 is 14.8 Å². The smallest absolute Gasteiger partial charge is 0.305 e. The van der Waals surface area contributed by atoms with E-state index in [0.717, 1.165) is 5.56 Å². The number of hydrogen-bond acceptors (Lipinski definition) is 3. The van der Waals surface area contributed by atoms with Crippen LogP contribution in [0.15, 0.2) is 47.1 Å². The molecule has 2 rings (SSSR count). The van der Waals surface area contributed by atoms with Crippen molar-refractivity contribution in [1.82, 2.24) is 5.32 Å². The number of rotatable bonds is 5. The van der Waals surface area contributed by atoms with Gasteiger partial charge in [0.15, 0.2) is 0 Å². The third-order valence-electron chi connectivity index (χ3n) is 2.96. The molecule has 1 atom stereocenters. The molecule has 0 aliphatic carbocycles. The van der Waals surface area contributed by atoms with Crippen molar-refractivity contribution in [3.8, 4) is 0 Å². The molecule has 0 spiro atoms. The molecule has 5 nitrogen and oxygen atoms in total. The Morgan fingerprint density at radius 2 is 2.00 bits per heavy atom. The van der Waals surface area contributed by atoms with Crippen LogP contribution in [0.3, 0.4) is 0 Å². The second kappa shape index (κ2) is 6.06. The summed E-state index contributed by atoms with van der Waals surface area (Å²) in [5.74, 6) is -0.892. The topological polar surface area (TPSA) is 79.5 Å². The minimum absolute atomic E-state index is 0.231. The molecular weight excluding hydrogens is 258 g/mol. The molecule has 2 N–H and O–H groups in total. The fourth-order valence-electron chi connectivity index (χ4n) is 1.95. The summed E-state index contributed by atoms with van der Waals surface area (Å²) in [6.45, 7) is 1.83. The third-order valence-corrected chi connectivity index (χ3v) is 2.96. The standard InChI is InChI=1S/C15H15NO4/c1-10-5-2-3-6-11(10)15(19)16-12(9-14(17)18)13-7-4-8-20-13/h2-8,12H,9H2,1H3,(H,16,19)(H,17,18). The van der Waals surface area contributed by atoms with Crippen molar-refractivity contribution < 1.29 is 19.1 Å². The highest BCUT2D eigenvalue weighted by molar-refractivity contribution is 5.96. The van der Waals surface area contributed by atoms with E-state index in [1.165, 1.54) is 6.26 Å². The van der Waals surface area contributed by atoms with Crippen molar-refractivity contribution in [3.63, 3.8) is 0 Å². The van der Waals surface area contributed by atoms with Crippen LogP contribution >= 0.6 is 0 Å². The molecule has 0 bridgehead atoms. The second-order valence-electron chi connectivity index (χ2n) is 4.45. The molecule has 0 aliphatic rings. The molecule has 1 aromatic carbocycles. The maximum absolute atomic E-state index is 12.2. The molecule has 0 saturated heterocycles. The number of carboxylic acids is 1. The molecule has 104 valence electrons. The Bertz CT molecular complexity index is 604. The normalized spacial score (nSPS) is 11.8. The highest BCUT2D eigenvalue weighted by Crippen LogP contribution is 2.18. The predicted molar refractivity (Wildman–Crippen MR) is 72.3 cm³/mol. The van der Waals surface area contributed by atoms with Crippen LogP contribution < -0.4 is 5.32 Å². The molecule has 20 heavy (non-hydrogen) atoms. The first-order chi connectivity index (χ1) is 9.58. The van der Waals surface area contributed by atoms with Gasteiger partial charge in [0.2, 0.25) is 0 Å². The van der Waals surface area contributed by atoms with Gasteiger partial charge in [0.25, 0.3) is 5.91 Å². The van der Waals surface area contributed by atoms with E-state index in [1.54, 1.807) is 24.3 Å². The van der Waals surface area contributed by atoms with Crippen molar-refractivity contribution in [2.45, 2.75) is 19.4 Å². The maximum atomic E-state index is 12.2. The zero-order chi connectivity index (χ0) is 14.5. The molecule has 1 heterocycles. The first kappa shape index (κ1) is 13.9. The van der Waals surface area contributed by atoms with E-state index >= 15 is 0 Å². The second-order valence-corrected chi connectivity index (χ2v) is 4.45. The highest BCUT2D eigenvalue weighted by Gasteiger charge is 2.21. The Labute approximate surface area is 116 Å². The van der Waals surface area contributed by atoms with Crippen LogP contribution in [-0.4, -0.2) is 17.0 Å². The Morgan fingerprint density at radius 3 is 2.60 bits per heavy atom. The van der Waals surface area contributed by atoms with Crippen LogP contribution in [0.2, 0.25) is 0 Å². The Balaban J connectivity index is 2.18. The highest BCUT2D eigenvalue weighted by atomic mass is 16.4. The van der Waals surface area contributed by atoms with Crippen LogP contribution in [0.1, 0.15) is 34.1 Å². The molecule has 0 saturated carbocycles. The lowest BCUT2D eigenvalue weighted by Gasteiger charge is -2.15. The van der Waals surface area contributed by atoms with Crippen LogP contribution in [0, 0.1) is 6.92 Å². The maximum Gasteiger partial charge on any atom is 0.305 e. The molecule has 5 heteroatoms. The molecule has 0 aliphatic heterocycles. The van der Waals surface area contributed by atoms with Gasteiger partial charge in [0.05, 0.1) is 18.7 Å². The van der Waals surface area contributed by atoms with E-state index in [-0.39, 0.29) is 12.3 Å². The number of benzene rings is 1. The van der Waals surface area contributed by atoms with Gasteiger partial charge in [0.1, 0.15) is 5.76 Å². The van der Waals surface area contributed by atoms with E-state index in [9.17, 15) is 9.59 Å². The van der Waals surface area contributed by atoms with Crippen LogP contribution in [0.4, 0.5) is 0 Å². The first-order valence-corrected chi connectivity index (χ1v) is 6.19. The lowest BCUT2D eigenvalue weighted by Crippen LogP contribution is -2.30. The van der Waals surface area contributed by atoms with Gasteiger partial charge in [-0.3, -0.25) is 9.59 Å². The van der Waals surface area contributed by atoms with E-state index in [2.05, 4.69) is 5.32 Å². The number of nitrogens with one attached hydrogen (secondary N) is 1. The van der Waals surface area contributed by atoms with Crippen molar-refractivity contribution >= 4 is 11.9 Å². The number of carbonyl (C=O) groups excluding carboxylic acids is 1. The quantitative estimate of drug-likeness (QED) is 0.877. The summed E-state index contributed by atoms with van der Waals surface area (Å²) in [6, 6.07) is 9.75. The fourth-order valence-corrected chi connectivity index (χ4v) is 1.95. The molecule has 2 aromatic rings. The largest absolute Gasteiger partial charge is 0.481 e. The summed E-state index contributed by atoms with van der Waals surface area (Å²) in [4.78, 5) is 23.1. The number of hydrogen-bond donors (Lipinski definition) is 2. The zero-order valence-electron chi connectivity index (χ0n) is 11.0. The summed E-state index contributed by atoms with van der Waals surface area (Å²) in [6.07, 6.45) is 1.22. The molecule has 1 unspecified atom stereocenters. The van der Waals surface area contributed by atoms with Gasteiger partial charge in [0, 0.05) is 5.56 Å². The predicted octanol–water partition coefficient (Wildman–Crippen LogP) is 2.53. The Kier molecular flexibility index (Phi) is 4.20. The average molecular weight is 273 g/mol. The van der Waals surface area contributed by atoms with E-state index < -0.39 is 12.0 Å². The summed E-state index contributed by atoms with van der Waals surface area (Å²) in [5, 5.41) is 11.6. The average Bonchev–Trinajstić information content (AvgIpc) is 2.91. The van der Waals surface area contributed by atoms with Crippen LogP contribution in [-0.2, 0) is 4.79 Å². The van der Waals surface area contributed by atoms with Gasteiger partial charge in [-0.1, -0.05) is 18.2 Å². The number of aliphatic carboxylic acids is 1. The molecule has 0 fully saturated rings. The van der Waals surface area contributed by atoms with Gasteiger partial charge in [-0.05, 0) is 30.7 Å². The number of aryl methyl sites for hydroxylation is 1. The fraction of sp³-hybridized carbons (Fsp3) is 0.200. The first-order valence-electron chi connectivity index (χ1n) is 6.19. The number of carbonyl (C=O) groups is 2. The molecular formula is C15H15NO4. The van der Waals surface area contributed by atoms with Crippen LogP contribution in [0.5, 0.6) is 0 Å². The van der Waals surface area contributed by atoms with Crippen molar-refractivity contribution in [1.29, 1.82) is 0 Å². The van der Waals surface area contributed by atoms with Crippen molar-refractivity contribution in [3.05, 3.63) is 59.5 Å². The third kappa shape index (κ3) is 3.26. The summed E-state index contributed by atoms with van der Waals surface area (Å²) in [5.41, 5.74) is 1.35. The van der Waals surface area contributed by atoms with E-state index in [1.807, 2.05) is 19.1 Å². The number of amides is 1. The van der Waals surface area contributed by atoms with Crippen molar-refractivity contribution in [2.24, 2.45) is 0 Å². The lowest BCUT2D eigenvalue weighted by molar-refractivity contribution is -0.137. The van der Waals surface area contributed by atoms with Crippen molar-refractivity contribution in [2.75, 3.05) is 0 Å². The van der Waals surface area contributed by atoms with Gasteiger partial charge in [-0.25, -0.2) is 0 Å². The minimum Gasteiger partial charge on any atom is -0.481 e. The zero-order valence-corrected chi connectivity index (χ0v) is 11.0. The monoisotopic (exact) mass is 273 g/mol. The van der Waals surface area contributed by atoms with Gasteiger partial charge >= 0.3 is 5.97 Å². The minimum atomic E-state index is -1.00. The number of carboxylic acid groups (broad SMARTS) is 1. The van der Waals surface area contributed by atoms with Gasteiger partial charge in [-0.15, -0.1) is 0 Å². The summed E-state index contributed by atoms with van der Waals surface area (Å²) >= 11 is 0. The SMILES string of the molecule is Cc1ccccc1C(=O)NC(CC(=O)O)c1ccco1. The van der Waals surface area contributed by atoms with Gasteiger partial charge in [-0.2, -0.15) is 0 Å². The summed E-state index contributed by atoms with van der Waals surface area (Å²) in [7, 11) is 0. The van der Waals surface area contributed by atoms with Crippen LogP contribution in [0.25, 0.3) is 0 Å². The Hall–Kier alpha value is -2.56. The molecule has 1 aromatic heterocycles. The molecule has 0 radical (unpaired) electrons. The summed E-state index contributed by atoms with van der Waals surface area (Å²) < 4.78 is 5.19. The van der Waals surface area contributed by atoms with E-state index in [0.29, 0.717) is 11.3 Å². The number of furan rings is 1. The lowest BCUT2D eigenvalue weighted by atomic mass is 10.1. The van der Waals surface area contributed by atoms with E-state index in [4.69, 9.17) is 9.52 Å². The molecule has 1 amide bonds. The Morgan fingerprint density at radius 1 is 1.25 bits per heavy atom.